The summed E-state index contributed by atoms with van der Waals surface area (Å²) < 4.78 is 0. The molecule has 120 valence electrons. The lowest BCUT2D eigenvalue weighted by atomic mass is 10.2. The Labute approximate surface area is 144 Å². The number of nitrogens with zero attached hydrogens (tertiary/aromatic N) is 1. The minimum atomic E-state index is -0.0816. The number of hydrogen-bond acceptors (Lipinski definition) is 3. The Morgan fingerprint density at radius 2 is 2.00 bits per heavy atom. The Kier molecular flexibility index (Phi) is 4.68. The molecule has 23 heavy (non-hydrogen) atoms. The van der Waals surface area contributed by atoms with Gasteiger partial charge in [-0.3, -0.25) is 9.59 Å². The molecule has 0 unspecified atom stereocenters. The number of thiophene rings is 1. The van der Waals surface area contributed by atoms with Crippen molar-refractivity contribution in [1.29, 1.82) is 0 Å². The Hall–Kier alpha value is -1.85. The van der Waals surface area contributed by atoms with Crippen molar-refractivity contribution >= 4 is 39.8 Å². The van der Waals surface area contributed by atoms with Gasteiger partial charge in [-0.15, -0.1) is 11.3 Å². The van der Waals surface area contributed by atoms with Gasteiger partial charge in [-0.05, 0) is 36.6 Å². The molecule has 3 rings (SSSR count). The standard InChI is InChI=1S/C17H17ClN2O2S/c1-20(10-12-4-2-3-5-13(12)18)17(22)14-8-9-15(23-14)19-16(21)11-6-7-11/h2-5,8-9,11H,6-7,10H2,1H3,(H,19,21). The minimum Gasteiger partial charge on any atom is -0.337 e. The number of halogens is 1. The second kappa shape index (κ2) is 6.72. The van der Waals surface area contributed by atoms with Crippen LogP contribution < -0.4 is 5.32 Å². The van der Waals surface area contributed by atoms with Crippen LogP contribution in [0.5, 0.6) is 0 Å². The topological polar surface area (TPSA) is 49.4 Å². The Morgan fingerprint density at radius 3 is 2.70 bits per heavy atom. The maximum Gasteiger partial charge on any atom is 0.264 e. The van der Waals surface area contributed by atoms with Gasteiger partial charge >= 0.3 is 0 Å². The fraction of sp³-hybridized carbons (Fsp3) is 0.294. The van der Waals surface area contributed by atoms with Gasteiger partial charge in [-0.2, -0.15) is 0 Å². The second-order valence-electron chi connectivity index (χ2n) is 5.68. The van der Waals surface area contributed by atoms with Crippen molar-refractivity contribution in [3.8, 4) is 0 Å². The molecule has 1 aromatic heterocycles. The van der Waals surface area contributed by atoms with E-state index in [1.165, 1.54) is 11.3 Å². The predicted molar refractivity (Wildman–Crippen MR) is 92.9 cm³/mol. The maximum absolute atomic E-state index is 12.5. The van der Waals surface area contributed by atoms with Gasteiger partial charge in [0.25, 0.3) is 5.91 Å². The molecule has 2 aromatic rings. The Morgan fingerprint density at radius 1 is 1.26 bits per heavy atom. The molecule has 0 saturated heterocycles. The molecule has 1 aliphatic carbocycles. The molecule has 1 aromatic carbocycles. The summed E-state index contributed by atoms with van der Waals surface area (Å²) in [7, 11) is 1.74. The van der Waals surface area contributed by atoms with E-state index in [0.717, 1.165) is 23.4 Å². The van der Waals surface area contributed by atoms with E-state index in [9.17, 15) is 9.59 Å². The molecule has 1 N–H and O–H groups in total. The summed E-state index contributed by atoms with van der Waals surface area (Å²) in [4.78, 5) is 26.5. The first kappa shape index (κ1) is 16.0. The highest BCUT2D eigenvalue weighted by Gasteiger charge is 2.30. The van der Waals surface area contributed by atoms with Crippen molar-refractivity contribution < 1.29 is 9.59 Å². The third-order valence-corrected chi connectivity index (χ3v) is 5.08. The Bertz CT molecular complexity index is 740. The summed E-state index contributed by atoms with van der Waals surface area (Å²) in [5.41, 5.74) is 0.906. The van der Waals surface area contributed by atoms with E-state index in [4.69, 9.17) is 11.6 Å². The van der Waals surface area contributed by atoms with Gasteiger partial charge in [0, 0.05) is 24.5 Å². The fourth-order valence-electron chi connectivity index (χ4n) is 2.23. The predicted octanol–water partition coefficient (Wildman–Crippen LogP) is 4.02. The van der Waals surface area contributed by atoms with Crippen molar-refractivity contribution in [2.45, 2.75) is 19.4 Å². The number of nitrogens with one attached hydrogen (secondary N) is 1. The minimum absolute atomic E-state index is 0.0512. The summed E-state index contributed by atoms with van der Waals surface area (Å²) in [5.74, 6) is 0.122. The first-order valence-corrected chi connectivity index (χ1v) is 8.63. The monoisotopic (exact) mass is 348 g/mol. The number of benzene rings is 1. The highest BCUT2D eigenvalue weighted by Crippen LogP contribution is 2.32. The smallest absolute Gasteiger partial charge is 0.264 e. The second-order valence-corrected chi connectivity index (χ2v) is 7.17. The van der Waals surface area contributed by atoms with Crippen LogP contribution in [0.2, 0.25) is 5.02 Å². The maximum atomic E-state index is 12.5. The lowest BCUT2D eigenvalue weighted by Crippen LogP contribution is -2.25. The summed E-state index contributed by atoms with van der Waals surface area (Å²) >= 11 is 7.43. The normalized spacial score (nSPS) is 13.7. The van der Waals surface area contributed by atoms with E-state index in [-0.39, 0.29) is 17.7 Å². The van der Waals surface area contributed by atoms with Gasteiger partial charge in [-0.1, -0.05) is 29.8 Å². The lowest BCUT2D eigenvalue weighted by Gasteiger charge is -2.17. The van der Waals surface area contributed by atoms with Crippen LogP contribution in [-0.4, -0.2) is 23.8 Å². The van der Waals surface area contributed by atoms with Crippen LogP contribution in [0.3, 0.4) is 0 Å². The van der Waals surface area contributed by atoms with E-state index in [1.807, 2.05) is 24.3 Å². The summed E-state index contributed by atoms with van der Waals surface area (Å²) in [6, 6.07) is 11.0. The quantitative estimate of drug-likeness (QED) is 0.887. The third-order valence-electron chi connectivity index (χ3n) is 3.72. The first-order chi connectivity index (χ1) is 11.0. The molecule has 0 radical (unpaired) electrons. The van der Waals surface area contributed by atoms with Crippen LogP contribution in [-0.2, 0) is 11.3 Å². The highest BCUT2D eigenvalue weighted by atomic mass is 35.5. The number of rotatable bonds is 5. The number of carbonyl (C=O) groups is 2. The summed E-state index contributed by atoms with van der Waals surface area (Å²) in [6.07, 6.45) is 1.92. The molecule has 1 heterocycles. The summed E-state index contributed by atoms with van der Waals surface area (Å²) in [5, 5.41) is 4.23. The molecule has 6 heteroatoms. The molecule has 1 fully saturated rings. The van der Waals surface area contributed by atoms with Crippen LogP contribution in [0.1, 0.15) is 28.1 Å². The van der Waals surface area contributed by atoms with Crippen LogP contribution in [0.4, 0.5) is 5.00 Å². The van der Waals surface area contributed by atoms with Crippen molar-refractivity contribution in [2.24, 2.45) is 5.92 Å². The van der Waals surface area contributed by atoms with E-state index in [1.54, 1.807) is 24.1 Å². The zero-order valence-electron chi connectivity index (χ0n) is 12.7. The number of amides is 2. The average molecular weight is 349 g/mol. The average Bonchev–Trinajstić information content (AvgIpc) is 3.29. The zero-order chi connectivity index (χ0) is 16.4. The van der Waals surface area contributed by atoms with Crippen molar-refractivity contribution in [1.82, 2.24) is 4.90 Å². The fourth-order valence-corrected chi connectivity index (χ4v) is 3.33. The molecule has 0 spiro atoms. The molecule has 0 atom stereocenters. The van der Waals surface area contributed by atoms with Crippen LogP contribution in [0.15, 0.2) is 36.4 Å². The first-order valence-electron chi connectivity index (χ1n) is 7.44. The third kappa shape index (κ3) is 3.92. The van der Waals surface area contributed by atoms with E-state index in [2.05, 4.69) is 5.32 Å². The highest BCUT2D eigenvalue weighted by molar-refractivity contribution is 7.18. The molecule has 0 aliphatic heterocycles. The molecule has 2 amide bonds. The molecule has 0 bridgehead atoms. The van der Waals surface area contributed by atoms with E-state index < -0.39 is 0 Å². The van der Waals surface area contributed by atoms with Crippen molar-refractivity contribution in [3.05, 3.63) is 51.9 Å². The van der Waals surface area contributed by atoms with Gasteiger partial charge in [-0.25, -0.2) is 0 Å². The molecular weight excluding hydrogens is 332 g/mol. The lowest BCUT2D eigenvalue weighted by molar-refractivity contribution is -0.117. The molecule has 4 nitrogen and oxygen atoms in total. The number of hydrogen-bond donors (Lipinski definition) is 1. The van der Waals surface area contributed by atoms with Gasteiger partial charge in [0.2, 0.25) is 5.91 Å². The number of carbonyl (C=O) groups excluding carboxylic acids is 2. The SMILES string of the molecule is CN(Cc1ccccc1Cl)C(=O)c1ccc(NC(=O)C2CC2)s1. The largest absolute Gasteiger partial charge is 0.337 e. The van der Waals surface area contributed by atoms with Crippen molar-refractivity contribution in [2.75, 3.05) is 12.4 Å². The van der Waals surface area contributed by atoms with Crippen LogP contribution in [0.25, 0.3) is 0 Å². The van der Waals surface area contributed by atoms with E-state index in [0.29, 0.717) is 16.4 Å². The molecule has 1 aliphatic rings. The zero-order valence-corrected chi connectivity index (χ0v) is 14.3. The van der Waals surface area contributed by atoms with Crippen LogP contribution in [0, 0.1) is 5.92 Å². The van der Waals surface area contributed by atoms with E-state index >= 15 is 0 Å². The molecule has 1 saturated carbocycles. The van der Waals surface area contributed by atoms with Gasteiger partial charge in [0.15, 0.2) is 0 Å². The van der Waals surface area contributed by atoms with Gasteiger partial charge in [0.05, 0.1) is 9.88 Å². The number of anilines is 1. The van der Waals surface area contributed by atoms with Gasteiger partial charge < -0.3 is 10.2 Å². The Balaban J connectivity index is 1.64. The van der Waals surface area contributed by atoms with Crippen LogP contribution >= 0.6 is 22.9 Å². The summed E-state index contributed by atoms with van der Waals surface area (Å²) in [6.45, 7) is 0.445. The van der Waals surface area contributed by atoms with Crippen molar-refractivity contribution in [3.63, 3.8) is 0 Å². The van der Waals surface area contributed by atoms with Gasteiger partial charge in [0.1, 0.15) is 0 Å². The molecular formula is C17H17ClN2O2S.